The first-order chi connectivity index (χ1) is 15.4. The highest BCUT2D eigenvalue weighted by molar-refractivity contribution is 7.99. The molecule has 0 aliphatic heterocycles. The van der Waals surface area contributed by atoms with Crippen molar-refractivity contribution in [3.05, 3.63) is 64.1 Å². The van der Waals surface area contributed by atoms with E-state index in [0.717, 1.165) is 22.9 Å². The van der Waals surface area contributed by atoms with Gasteiger partial charge in [0.2, 0.25) is 17.0 Å². The number of likely N-dealkylation sites (N-methyl/N-ethyl adjacent to an activating group) is 1. The number of nitrogens with two attached hydrogens (primary N) is 1. The van der Waals surface area contributed by atoms with Gasteiger partial charge in [0.25, 0.3) is 0 Å². The SMILES string of the molecule is CCN(CC(=O)NCc1ccc(Cl)cc1)C(=O)CSc1nnc(-c2ccc(Cl)cc2)n1N. The van der Waals surface area contributed by atoms with Crippen LogP contribution in [-0.2, 0) is 16.1 Å². The van der Waals surface area contributed by atoms with Crippen LogP contribution in [0.1, 0.15) is 12.5 Å². The van der Waals surface area contributed by atoms with Crippen molar-refractivity contribution in [3.8, 4) is 11.4 Å². The van der Waals surface area contributed by atoms with Crippen LogP contribution in [0.5, 0.6) is 0 Å². The number of rotatable bonds is 9. The molecule has 0 saturated carbocycles. The summed E-state index contributed by atoms with van der Waals surface area (Å²) in [7, 11) is 0. The maximum atomic E-state index is 12.6. The second kappa shape index (κ2) is 11.2. The predicted octanol–water partition coefficient (Wildman–Crippen LogP) is 3.22. The molecule has 2 aromatic carbocycles. The van der Waals surface area contributed by atoms with E-state index < -0.39 is 0 Å². The minimum absolute atomic E-state index is 0.0329. The molecule has 2 amide bonds. The Bertz CT molecular complexity index is 1070. The first kappa shape index (κ1) is 23.9. The Balaban J connectivity index is 1.52. The molecule has 1 aromatic heterocycles. The van der Waals surface area contributed by atoms with E-state index in [1.54, 1.807) is 36.4 Å². The highest BCUT2D eigenvalue weighted by Gasteiger charge is 2.18. The van der Waals surface area contributed by atoms with Crippen molar-refractivity contribution >= 4 is 46.8 Å². The average Bonchev–Trinajstić information content (AvgIpc) is 3.16. The van der Waals surface area contributed by atoms with E-state index in [9.17, 15) is 9.59 Å². The molecule has 3 rings (SSSR count). The van der Waals surface area contributed by atoms with Gasteiger partial charge in [-0.25, -0.2) is 4.68 Å². The third kappa shape index (κ3) is 6.38. The van der Waals surface area contributed by atoms with Crippen molar-refractivity contribution in [3.63, 3.8) is 0 Å². The largest absolute Gasteiger partial charge is 0.350 e. The van der Waals surface area contributed by atoms with Crippen LogP contribution >= 0.6 is 35.0 Å². The molecule has 8 nitrogen and oxygen atoms in total. The van der Waals surface area contributed by atoms with Crippen molar-refractivity contribution in [1.82, 2.24) is 25.1 Å². The number of nitrogen functional groups attached to an aromatic ring is 1. The van der Waals surface area contributed by atoms with Gasteiger partial charge in [0, 0.05) is 28.7 Å². The molecule has 3 aromatic rings. The molecule has 0 atom stereocenters. The molecular formula is C21H22Cl2N6O2S. The monoisotopic (exact) mass is 492 g/mol. The van der Waals surface area contributed by atoms with Crippen molar-refractivity contribution in [1.29, 1.82) is 0 Å². The first-order valence-corrected chi connectivity index (χ1v) is 11.5. The topological polar surface area (TPSA) is 106 Å². The maximum Gasteiger partial charge on any atom is 0.239 e. The summed E-state index contributed by atoms with van der Waals surface area (Å²) in [5, 5.41) is 12.6. The number of carbonyl (C=O) groups is 2. The molecule has 0 aliphatic carbocycles. The van der Waals surface area contributed by atoms with Crippen LogP contribution in [0.15, 0.2) is 53.7 Å². The van der Waals surface area contributed by atoms with E-state index >= 15 is 0 Å². The minimum Gasteiger partial charge on any atom is -0.350 e. The van der Waals surface area contributed by atoms with Crippen LogP contribution in [0.4, 0.5) is 0 Å². The van der Waals surface area contributed by atoms with Gasteiger partial charge >= 0.3 is 0 Å². The van der Waals surface area contributed by atoms with Crippen molar-refractivity contribution in [2.45, 2.75) is 18.6 Å². The van der Waals surface area contributed by atoms with Gasteiger partial charge in [-0.1, -0.05) is 47.1 Å². The number of aromatic nitrogens is 3. The maximum absolute atomic E-state index is 12.6. The summed E-state index contributed by atoms with van der Waals surface area (Å²) in [5.41, 5.74) is 1.68. The van der Waals surface area contributed by atoms with Gasteiger partial charge < -0.3 is 16.1 Å². The molecule has 0 saturated heterocycles. The Morgan fingerprint density at radius 3 is 2.31 bits per heavy atom. The van der Waals surface area contributed by atoms with Gasteiger partial charge in [0.15, 0.2) is 5.82 Å². The molecule has 168 valence electrons. The second-order valence-electron chi connectivity index (χ2n) is 6.78. The van der Waals surface area contributed by atoms with Crippen molar-refractivity contribution < 1.29 is 9.59 Å². The lowest BCUT2D eigenvalue weighted by Gasteiger charge is -2.20. The Hall–Kier alpha value is -2.75. The van der Waals surface area contributed by atoms with Gasteiger partial charge in [-0.15, -0.1) is 10.2 Å². The molecule has 3 N–H and O–H groups in total. The van der Waals surface area contributed by atoms with Crippen LogP contribution < -0.4 is 11.2 Å². The number of benzene rings is 2. The van der Waals surface area contributed by atoms with E-state index in [-0.39, 0.29) is 24.1 Å². The Morgan fingerprint density at radius 2 is 1.69 bits per heavy atom. The Kier molecular flexibility index (Phi) is 8.38. The summed E-state index contributed by atoms with van der Waals surface area (Å²) in [5.74, 6) is 6.19. The summed E-state index contributed by atoms with van der Waals surface area (Å²) in [6.45, 7) is 2.55. The highest BCUT2D eigenvalue weighted by Crippen LogP contribution is 2.23. The summed E-state index contributed by atoms with van der Waals surface area (Å²) in [4.78, 5) is 26.4. The molecule has 0 aliphatic rings. The quantitative estimate of drug-likeness (QED) is 0.350. The van der Waals surface area contributed by atoms with Crippen molar-refractivity contribution in [2.24, 2.45) is 0 Å². The minimum atomic E-state index is -0.243. The zero-order valence-corrected chi connectivity index (χ0v) is 19.6. The number of halogens is 2. The van der Waals surface area contributed by atoms with E-state index in [1.807, 2.05) is 19.1 Å². The van der Waals surface area contributed by atoms with Gasteiger partial charge in [0.05, 0.1) is 12.3 Å². The lowest BCUT2D eigenvalue weighted by atomic mass is 10.2. The third-order valence-corrected chi connectivity index (χ3v) is 6.00. The van der Waals surface area contributed by atoms with Crippen LogP contribution in [0.25, 0.3) is 11.4 Å². The fourth-order valence-electron chi connectivity index (χ4n) is 2.80. The molecule has 32 heavy (non-hydrogen) atoms. The number of nitrogens with zero attached hydrogens (tertiary/aromatic N) is 4. The molecule has 1 heterocycles. The average molecular weight is 493 g/mol. The summed E-state index contributed by atoms with van der Waals surface area (Å²) in [6.07, 6.45) is 0. The molecule has 11 heteroatoms. The van der Waals surface area contributed by atoms with E-state index in [1.165, 1.54) is 9.58 Å². The molecule has 0 fully saturated rings. The fourth-order valence-corrected chi connectivity index (χ4v) is 3.81. The van der Waals surface area contributed by atoms with Gasteiger partial charge in [-0.2, -0.15) is 0 Å². The normalized spacial score (nSPS) is 10.7. The molecule has 0 bridgehead atoms. The van der Waals surface area contributed by atoms with Gasteiger partial charge in [0.1, 0.15) is 0 Å². The lowest BCUT2D eigenvalue weighted by molar-refractivity contribution is -0.133. The summed E-state index contributed by atoms with van der Waals surface area (Å²) in [6, 6.07) is 14.2. The number of hydrogen-bond donors (Lipinski definition) is 2. The molecule has 0 unspecified atom stereocenters. The highest BCUT2D eigenvalue weighted by atomic mass is 35.5. The second-order valence-corrected chi connectivity index (χ2v) is 8.60. The van der Waals surface area contributed by atoms with Crippen LogP contribution in [-0.4, -0.2) is 50.4 Å². The van der Waals surface area contributed by atoms with Gasteiger partial charge in [-0.05, 0) is 48.9 Å². The zero-order valence-electron chi connectivity index (χ0n) is 17.3. The van der Waals surface area contributed by atoms with E-state index in [0.29, 0.717) is 34.1 Å². The number of thioether (sulfide) groups is 1. The van der Waals surface area contributed by atoms with Crippen LogP contribution in [0.3, 0.4) is 0 Å². The van der Waals surface area contributed by atoms with Crippen LogP contribution in [0, 0.1) is 0 Å². The number of amides is 2. The standard InChI is InChI=1S/C21H22Cl2N6O2S/c1-2-28(12-18(30)25-11-14-3-7-16(22)8-4-14)19(31)13-32-21-27-26-20(29(21)24)15-5-9-17(23)10-6-15/h3-10H,2,11-13,24H2,1H3,(H,25,30). The predicted molar refractivity (Wildman–Crippen MR) is 127 cm³/mol. The summed E-state index contributed by atoms with van der Waals surface area (Å²) >= 11 is 12.9. The van der Waals surface area contributed by atoms with Crippen molar-refractivity contribution in [2.75, 3.05) is 24.7 Å². The number of hydrogen-bond acceptors (Lipinski definition) is 6. The van der Waals surface area contributed by atoms with E-state index in [4.69, 9.17) is 29.0 Å². The molecular weight excluding hydrogens is 471 g/mol. The number of carbonyl (C=O) groups excluding carboxylic acids is 2. The Labute approximate surface area is 200 Å². The first-order valence-electron chi connectivity index (χ1n) is 9.75. The fraction of sp³-hybridized carbons (Fsp3) is 0.238. The smallest absolute Gasteiger partial charge is 0.239 e. The summed E-state index contributed by atoms with van der Waals surface area (Å²) < 4.78 is 1.33. The van der Waals surface area contributed by atoms with E-state index in [2.05, 4.69) is 15.5 Å². The third-order valence-electron chi connectivity index (χ3n) is 4.56. The Morgan fingerprint density at radius 1 is 1.06 bits per heavy atom. The molecule has 0 radical (unpaired) electrons. The zero-order chi connectivity index (χ0) is 23.1. The van der Waals surface area contributed by atoms with Crippen LogP contribution in [0.2, 0.25) is 10.0 Å². The number of nitrogens with one attached hydrogen (secondary N) is 1. The lowest BCUT2D eigenvalue weighted by Crippen LogP contribution is -2.41. The molecule has 0 spiro atoms. The van der Waals surface area contributed by atoms with Gasteiger partial charge in [-0.3, -0.25) is 9.59 Å².